The molecule has 0 unspecified atom stereocenters. The van der Waals surface area contributed by atoms with Crippen LogP contribution < -0.4 is 10.5 Å². The minimum absolute atomic E-state index is 0.283. The molecule has 3 nitrogen and oxygen atoms in total. The lowest BCUT2D eigenvalue weighted by molar-refractivity contribution is 0.564. The van der Waals surface area contributed by atoms with Crippen molar-refractivity contribution in [1.29, 1.82) is 0 Å². The van der Waals surface area contributed by atoms with E-state index in [0.717, 1.165) is 47.3 Å². The van der Waals surface area contributed by atoms with Crippen LogP contribution in [0.3, 0.4) is 0 Å². The Morgan fingerprint density at radius 2 is 1.68 bits per heavy atom. The Kier molecular flexibility index (Phi) is 5.11. The van der Waals surface area contributed by atoms with Gasteiger partial charge in [-0.25, -0.2) is 4.79 Å². The van der Waals surface area contributed by atoms with Crippen LogP contribution in [0, 0.1) is 0 Å². The molecule has 2 aromatic heterocycles. The smallest absolute Gasteiger partial charge is 0.344 e. The Hall–Kier alpha value is -3.63. The molecule has 6 rings (SSSR count). The van der Waals surface area contributed by atoms with Gasteiger partial charge in [0.05, 0.1) is 5.56 Å². The Labute approximate surface area is 202 Å². The zero-order chi connectivity index (χ0) is 23.2. The van der Waals surface area contributed by atoms with Crippen LogP contribution in [0.15, 0.2) is 86.7 Å². The number of benzene rings is 3. The molecule has 5 aromatic rings. The van der Waals surface area contributed by atoms with Crippen molar-refractivity contribution in [3.8, 4) is 33.4 Å². The highest BCUT2D eigenvalue weighted by atomic mass is 32.1. The minimum Gasteiger partial charge on any atom is -0.422 e. The molecule has 34 heavy (non-hydrogen) atoms. The summed E-state index contributed by atoms with van der Waals surface area (Å²) in [5, 5.41) is 5.15. The van der Waals surface area contributed by atoms with E-state index >= 15 is 0 Å². The number of fused-ring (bicyclic) bond motifs is 4. The molecule has 1 aliphatic carbocycles. The van der Waals surface area contributed by atoms with Gasteiger partial charge in [-0.2, -0.15) is 11.3 Å². The van der Waals surface area contributed by atoms with Crippen molar-refractivity contribution in [3.05, 3.63) is 99.0 Å². The summed E-state index contributed by atoms with van der Waals surface area (Å²) in [5.41, 5.74) is 10.0. The molecule has 0 radical (unpaired) electrons. The Bertz CT molecular complexity index is 1580. The largest absolute Gasteiger partial charge is 0.422 e. The van der Waals surface area contributed by atoms with Gasteiger partial charge in [-0.15, -0.1) is 0 Å². The third-order valence-corrected chi connectivity index (χ3v) is 7.63. The number of anilines is 1. The molecule has 0 N–H and O–H groups in total. The molecule has 168 valence electrons. The normalized spacial score (nSPS) is 12.1. The zero-order valence-electron chi connectivity index (χ0n) is 19.3. The minimum atomic E-state index is -0.283. The Morgan fingerprint density at radius 3 is 2.47 bits per heavy atom. The van der Waals surface area contributed by atoms with Crippen molar-refractivity contribution in [3.63, 3.8) is 0 Å². The fourth-order valence-corrected chi connectivity index (χ4v) is 5.96. The maximum Gasteiger partial charge on any atom is 0.344 e. The molecule has 4 heteroatoms. The van der Waals surface area contributed by atoms with Gasteiger partial charge in [0, 0.05) is 35.8 Å². The molecule has 0 saturated heterocycles. The topological polar surface area (TPSA) is 33.5 Å². The highest BCUT2D eigenvalue weighted by molar-refractivity contribution is 7.08. The van der Waals surface area contributed by atoms with Gasteiger partial charge >= 0.3 is 5.63 Å². The van der Waals surface area contributed by atoms with E-state index < -0.39 is 0 Å². The second-order valence-corrected chi connectivity index (χ2v) is 9.45. The first kappa shape index (κ1) is 20.9. The highest BCUT2D eigenvalue weighted by Gasteiger charge is 2.26. The van der Waals surface area contributed by atoms with Gasteiger partial charge in [0.2, 0.25) is 0 Å². The summed E-state index contributed by atoms with van der Waals surface area (Å²) >= 11 is 1.64. The van der Waals surface area contributed by atoms with E-state index in [9.17, 15) is 4.79 Å². The van der Waals surface area contributed by atoms with Crippen molar-refractivity contribution < 1.29 is 4.42 Å². The molecular formula is C30H25NO2S. The summed E-state index contributed by atoms with van der Waals surface area (Å²) in [7, 11) is 0. The van der Waals surface area contributed by atoms with E-state index in [2.05, 4.69) is 90.2 Å². The van der Waals surface area contributed by atoms with E-state index in [4.69, 9.17) is 4.42 Å². The van der Waals surface area contributed by atoms with E-state index in [1.165, 1.54) is 22.3 Å². The molecule has 0 saturated carbocycles. The van der Waals surface area contributed by atoms with Crippen LogP contribution in [0.4, 0.5) is 5.69 Å². The zero-order valence-corrected chi connectivity index (χ0v) is 20.1. The molecule has 0 amide bonds. The maximum absolute atomic E-state index is 13.7. The second kappa shape index (κ2) is 8.30. The summed E-state index contributed by atoms with van der Waals surface area (Å²) in [6.07, 6.45) is 0.823. The van der Waals surface area contributed by atoms with Crippen LogP contribution >= 0.6 is 11.3 Å². The summed E-state index contributed by atoms with van der Waals surface area (Å²) < 4.78 is 6.02. The lowest BCUT2D eigenvalue weighted by atomic mass is 9.90. The van der Waals surface area contributed by atoms with Gasteiger partial charge in [0.25, 0.3) is 0 Å². The first-order valence-electron chi connectivity index (χ1n) is 11.8. The SMILES string of the molecule is CCN(CC)c1ccc2c(-c3ccsc3)c(-c3cccc4c3Cc3ccccc3-4)c(=O)oc2c1. The molecule has 1 aliphatic rings. The van der Waals surface area contributed by atoms with Crippen molar-refractivity contribution >= 4 is 28.0 Å². The monoisotopic (exact) mass is 463 g/mol. The number of hydrogen-bond acceptors (Lipinski definition) is 4. The van der Waals surface area contributed by atoms with Crippen LogP contribution in [0.1, 0.15) is 25.0 Å². The third kappa shape index (κ3) is 3.21. The summed E-state index contributed by atoms with van der Waals surface area (Å²) in [6, 6.07) is 23.2. The van der Waals surface area contributed by atoms with Gasteiger partial charge in [0.1, 0.15) is 5.58 Å². The van der Waals surface area contributed by atoms with Crippen LogP contribution in [-0.2, 0) is 6.42 Å². The number of nitrogens with zero attached hydrogens (tertiary/aromatic N) is 1. The molecule has 0 aliphatic heterocycles. The average molecular weight is 464 g/mol. The maximum atomic E-state index is 13.7. The van der Waals surface area contributed by atoms with Crippen molar-refractivity contribution in [2.75, 3.05) is 18.0 Å². The summed E-state index contributed by atoms with van der Waals surface area (Å²) in [6.45, 7) is 6.08. The predicted molar refractivity (Wildman–Crippen MR) is 143 cm³/mol. The fourth-order valence-electron chi connectivity index (χ4n) is 5.32. The van der Waals surface area contributed by atoms with Gasteiger partial charge in [-0.3, -0.25) is 0 Å². The van der Waals surface area contributed by atoms with Gasteiger partial charge < -0.3 is 9.32 Å². The van der Waals surface area contributed by atoms with Gasteiger partial charge in [-0.05, 0) is 82.6 Å². The lowest BCUT2D eigenvalue weighted by Crippen LogP contribution is -2.21. The molecule has 0 bridgehead atoms. The molecule has 2 heterocycles. The fraction of sp³-hybridized carbons (Fsp3) is 0.167. The van der Waals surface area contributed by atoms with Crippen LogP contribution in [-0.4, -0.2) is 13.1 Å². The molecule has 0 atom stereocenters. The Balaban J connectivity index is 1.64. The Morgan fingerprint density at radius 1 is 0.882 bits per heavy atom. The third-order valence-electron chi connectivity index (χ3n) is 6.95. The molecule has 3 aromatic carbocycles. The number of rotatable bonds is 5. The number of hydrogen-bond donors (Lipinski definition) is 0. The van der Waals surface area contributed by atoms with Crippen LogP contribution in [0.5, 0.6) is 0 Å². The van der Waals surface area contributed by atoms with Crippen molar-refractivity contribution in [1.82, 2.24) is 0 Å². The van der Waals surface area contributed by atoms with Gasteiger partial charge in [0.15, 0.2) is 0 Å². The van der Waals surface area contributed by atoms with Crippen molar-refractivity contribution in [2.24, 2.45) is 0 Å². The molecule has 0 fully saturated rings. The van der Waals surface area contributed by atoms with E-state index in [1.807, 2.05) is 6.07 Å². The van der Waals surface area contributed by atoms with Gasteiger partial charge in [-0.1, -0.05) is 42.5 Å². The predicted octanol–water partition coefficient (Wildman–Crippen LogP) is 7.61. The molecule has 0 spiro atoms. The van der Waals surface area contributed by atoms with E-state index in [0.29, 0.717) is 11.1 Å². The first-order valence-corrected chi connectivity index (χ1v) is 12.7. The lowest BCUT2D eigenvalue weighted by Gasteiger charge is -2.21. The van der Waals surface area contributed by atoms with Crippen molar-refractivity contribution in [2.45, 2.75) is 20.3 Å². The summed E-state index contributed by atoms with van der Waals surface area (Å²) in [5.74, 6) is 0. The van der Waals surface area contributed by atoms with Crippen LogP contribution in [0.25, 0.3) is 44.3 Å². The number of thiophene rings is 1. The quantitative estimate of drug-likeness (QED) is 0.247. The highest BCUT2D eigenvalue weighted by Crippen LogP contribution is 2.44. The standard InChI is InChI=1S/C30H25NO2S/c1-3-31(4-2)21-12-13-25-27(17-21)33-30(32)29(28(25)20-14-15-34-18-20)24-11-7-10-23-22-9-6-5-8-19(22)16-26(23)24/h5-15,17-18H,3-4,16H2,1-2H3. The summed E-state index contributed by atoms with van der Waals surface area (Å²) in [4.78, 5) is 15.9. The first-order chi connectivity index (χ1) is 16.7. The van der Waals surface area contributed by atoms with E-state index in [-0.39, 0.29) is 5.63 Å². The second-order valence-electron chi connectivity index (χ2n) is 8.67. The average Bonchev–Trinajstić information content (AvgIpc) is 3.52. The molecular weight excluding hydrogens is 438 g/mol. The van der Waals surface area contributed by atoms with Crippen LogP contribution in [0.2, 0.25) is 0 Å². The van der Waals surface area contributed by atoms with E-state index in [1.54, 1.807) is 11.3 Å².